The Morgan fingerprint density at radius 3 is 1.92 bits per heavy atom. The Labute approximate surface area is 140 Å². The van der Waals surface area contributed by atoms with Gasteiger partial charge in [0.05, 0.1) is 6.04 Å². The van der Waals surface area contributed by atoms with Gasteiger partial charge in [0.2, 0.25) is 5.91 Å². The minimum atomic E-state index is -0.251. The van der Waals surface area contributed by atoms with E-state index in [0.717, 1.165) is 11.1 Å². The molecule has 0 unspecified atom stereocenters. The fourth-order valence-corrected chi connectivity index (χ4v) is 2.60. The van der Waals surface area contributed by atoms with Gasteiger partial charge in [0.1, 0.15) is 6.54 Å². The summed E-state index contributed by atoms with van der Waals surface area (Å²) in [5, 5.41) is 3.03. The Morgan fingerprint density at radius 2 is 1.38 bits per heavy atom. The van der Waals surface area contributed by atoms with Gasteiger partial charge < -0.3 is 9.88 Å². The van der Waals surface area contributed by atoms with E-state index in [1.54, 1.807) is 18.3 Å². The van der Waals surface area contributed by atoms with Gasteiger partial charge in [-0.25, -0.2) is 0 Å². The zero-order valence-electron chi connectivity index (χ0n) is 13.1. The van der Waals surface area contributed by atoms with Gasteiger partial charge >= 0.3 is 0 Å². The predicted molar refractivity (Wildman–Crippen MR) is 93.6 cm³/mol. The summed E-state index contributed by atoms with van der Waals surface area (Å²) in [4.78, 5) is 24.2. The van der Waals surface area contributed by atoms with Crippen molar-refractivity contribution in [3.05, 3.63) is 107 Å². The minimum absolute atomic E-state index is 0.00413. The van der Waals surface area contributed by atoms with Crippen molar-refractivity contribution in [1.29, 1.82) is 0 Å². The Balaban J connectivity index is 1.83. The summed E-state index contributed by atoms with van der Waals surface area (Å²) < 4.78 is 1.39. The summed E-state index contributed by atoms with van der Waals surface area (Å²) in [6, 6.07) is 24.2. The largest absolute Gasteiger partial charge is 0.344 e. The Hall–Kier alpha value is -3.14. The third kappa shape index (κ3) is 3.79. The van der Waals surface area contributed by atoms with Gasteiger partial charge in [-0.15, -0.1) is 0 Å². The van der Waals surface area contributed by atoms with Crippen molar-refractivity contribution in [1.82, 2.24) is 9.88 Å². The molecule has 0 radical (unpaired) electrons. The Morgan fingerprint density at radius 1 is 0.833 bits per heavy atom. The lowest BCUT2D eigenvalue weighted by atomic mass is 9.99. The highest BCUT2D eigenvalue weighted by molar-refractivity contribution is 5.76. The number of rotatable bonds is 5. The van der Waals surface area contributed by atoms with Crippen LogP contribution in [0.1, 0.15) is 17.2 Å². The summed E-state index contributed by atoms with van der Waals surface area (Å²) in [6.45, 7) is -0.00413. The monoisotopic (exact) mass is 318 g/mol. The maximum absolute atomic E-state index is 12.5. The van der Waals surface area contributed by atoms with Gasteiger partial charge in [-0.2, -0.15) is 0 Å². The smallest absolute Gasteiger partial charge is 0.250 e. The van der Waals surface area contributed by atoms with Crippen molar-refractivity contribution in [3.63, 3.8) is 0 Å². The van der Waals surface area contributed by atoms with Crippen LogP contribution in [0.5, 0.6) is 0 Å². The number of hydrogen-bond donors (Lipinski definition) is 1. The Bertz CT molecular complexity index is 818. The normalized spacial score (nSPS) is 10.5. The van der Waals surface area contributed by atoms with E-state index in [-0.39, 0.29) is 24.1 Å². The van der Waals surface area contributed by atoms with Crippen LogP contribution in [0.2, 0.25) is 0 Å². The lowest BCUT2D eigenvalue weighted by molar-refractivity contribution is -0.122. The average molecular weight is 318 g/mol. The zero-order valence-corrected chi connectivity index (χ0v) is 13.1. The SMILES string of the molecule is O=C(Cn1ccccc1=O)NC(c1ccccc1)c1ccccc1. The molecule has 24 heavy (non-hydrogen) atoms. The van der Waals surface area contributed by atoms with E-state index < -0.39 is 0 Å². The molecule has 0 fully saturated rings. The van der Waals surface area contributed by atoms with Gasteiger partial charge in [-0.05, 0) is 17.2 Å². The number of pyridine rings is 1. The lowest BCUT2D eigenvalue weighted by Crippen LogP contribution is -2.34. The molecule has 0 saturated carbocycles. The molecule has 4 nitrogen and oxygen atoms in total. The second kappa shape index (κ2) is 7.42. The van der Waals surface area contributed by atoms with Crippen molar-refractivity contribution in [2.75, 3.05) is 0 Å². The quantitative estimate of drug-likeness (QED) is 0.786. The molecule has 0 spiro atoms. The van der Waals surface area contributed by atoms with Gasteiger partial charge in [-0.1, -0.05) is 66.7 Å². The van der Waals surface area contributed by atoms with Crippen molar-refractivity contribution < 1.29 is 4.79 Å². The van der Waals surface area contributed by atoms with Crippen LogP contribution in [-0.2, 0) is 11.3 Å². The predicted octanol–water partition coefficient (Wildman–Crippen LogP) is 2.75. The molecule has 4 heteroatoms. The van der Waals surface area contributed by atoms with E-state index in [1.807, 2.05) is 60.7 Å². The topological polar surface area (TPSA) is 51.1 Å². The van der Waals surface area contributed by atoms with Crippen LogP contribution in [0.15, 0.2) is 89.9 Å². The first kappa shape index (κ1) is 15.7. The Kier molecular flexibility index (Phi) is 4.87. The first-order chi connectivity index (χ1) is 11.7. The summed E-state index contributed by atoms with van der Waals surface area (Å²) >= 11 is 0. The average Bonchev–Trinajstić information content (AvgIpc) is 2.63. The van der Waals surface area contributed by atoms with Crippen LogP contribution < -0.4 is 10.9 Å². The number of carbonyl (C=O) groups excluding carboxylic acids is 1. The molecule has 0 atom stereocenters. The van der Waals surface area contributed by atoms with Crippen LogP contribution in [0.3, 0.4) is 0 Å². The summed E-state index contributed by atoms with van der Waals surface area (Å²) in [7, 11) is 0. The standard InChI is InChI=1S/C20H18N2O2/c23-18(15-22-14-8-7-13-19(22)24)21-20(16-9-3-1-4-10-16)17-11-5-2-6-12-17/h1-14,20H,15H2,(H,21,23). The van der Waals surface area contributed by atoms with Crippen LogP contribution in [0.4, 0.5) is 0 Å². The zero-order chi connectivity index (χ0) is 16.8. The van der Waals surface area contributed by atoms with Crippen molar-refractivity contribution >= 4 is 5.91 Å². The summed E-state index contributed by atoms with van der Waals surface area (Å²) in [5.74, 6) is -0.207. The molecule has 0 saturated heterocycles. The number of hydrogen-bond acceptors (Lipinski definition) is 2. The number of carbonyl (C=O) groups is 1. The first-order valence-electron chi connectivity index (χ1n) is 7.79. The van der Waals surface area contributed by atoms with Crippen molar-refractivity contribution in [2.24, 2.45) is 0 Å². The third-order valence-electron chi connectivity index (χ3n) is 3.78. The van der Waals surface area contributed by atoms with E-state index in [1.165, 1.54) is 10.6 Å². The fraction of sp³-hybridized carbons (Fsp3) is 0.100. The van der Waals surface area contributed by atoms with Crippen molar-refractivity contribution in [2.45, 2.75) is 12.6 Å². The van der Waals surface area contributed by atoms with Crippen LogP contribution in [0, 0.1) is 0 Å². The molecule has 0 aliphatic carbocycles. The lowest BCUT2D eigenvalue weighted by Gasteiger charge is -2.20. The maximum Gasteiger partial charge on any atom is 0.250 e. The minimum Gasteiger partial charge on any atom is -0.344 e. The molecule has 1 heterocycles. The number of nitrogens with zero attached hydrogens (tertiary/aromatic N) is 1. The van der Waals surface area contributed by atoms with E-state index in [2.05, 4.69) is 5.32 Å². The second-order valence-corrected chi connectivity index (χ2v) is 5.49. The molecule has 3 rings (SSSR count). The number of aromatic nitrogens is 1. The molecule has 2 aromatic carbocycles. The van der Waals surface area contributed by atoms with E-state index in [9.17, 15) is 9.59 Å². The molecule has 1 aromatic heterocycles. The summed E-state index contributed by atoms with van der Waals surface area (Å²) in [6.07, 6.45) is 1.61. The second-order valence-electron chi connectivity index (χ2n) is 5.49. The maximum atomic E-state index is 12.5. The summed E-state index contributed by atoms with van der Waals surface area (Å²) in [5.41, 5.74) is 1.80. The molecular formula is C20H18N2O2. The molecular weight excluding hydrogens is 300 g/mol. The molecule has 1 amide bonds. The molecule has 1 N–H and O–H groups in total. The molecule has 0 aliphatic rings. The molecule has 120 valence electrons. The third-order valence-corrected chi connectivity index (χ3v) is 3.78. The van der Waals surface area contributed by atoms with Gasteiger partial charge in [-0.3, -0.25) is 9.59 Å². The van der Waals surface area contributed by atoms with Crippen molar-refractivity contribution in [3.8, 4) is 0 Å². The fourth-order valence-electron chi connectivity index (χ4n) is 2.60. The first-order valence-corrected chi connectivity index (χ1v) is 7.79. The highest BCUT2D eigenvalue weighted by atomic mass is 16.2. The highest BCUT2D eigenvalue weighted by Crippen LogP contribution is 2.21. The van der Waals surface area contributed by atoms with E-state index in [0.29, 0.717) is 0 Å². The van der Waals surface area contributed by atoms with E-state index in [4.69, 9.17) is 0 Å². The molecule has 3 aromatic rings. The van der Waals surface area contributed by atoms with Gasteiger partial charge in [0.15, 0.2) is 0 Å². The highest BCUT2D eigenvalue weighted by Gasteiger charge is 2.16. The van der Waals surface area contributed by atoms with Gasteiger partial charge in [0.25, 0.3) is 5.56 Å². The van der Waals surface area contributed by atoms with Crippen LogP contribution in [0.25, 0.3) is 0 Å². The van der Waals surface area contributed by atoms with Crippen LogP contribution in [-0.4, -0.2) is 10.5 Å². The van der Waals surface area contributed by atoms with E-state index >= 15 is 0 Å². The number of nitrogens with one attached hydrogen (secondary N) is 1. The number of benzene rings is 2. The molecule has 0 bridgehead atoms. The number of amides is 1. The van der Waals surface area contributed by atoms with Gasteiger partial charge in [0, 0.05) is 12.3 Å². The van der Waals surface area contributed by atoms with Crippen LogP contribution >= 0.6 is 0 Å². The molecule has 0 aliphatic heterocycles.